The molecule has 0 N–H and O–H groups in total. The van der Waals surface area contributed by atoms with Crippen LogP contribution in [-0.2, 0) is 23.8 Å². The van der Waals surface area contributed by atoms with Crippen molar-refractivity contribution in [1.29, 1.82) is 0 Å². The summed E-state index contributed by atoms with van der Waals surface area (Å²) in [6.07, 6.45) is 3.00. The van der Waals surface area contributed by atoms with Crippen molar-refractivity contribution in [2.75, 3.05) is 12.9 Å². The summed E-state index contributed by atoms with van der Waals surface area (Å²) in [6, 6.07) is 0. The highest BCUT2D eigenvalue weighted by molar-refractivity contribution is 7.86. The lowest BCUT2D eigenvalue weighted by molar-refractivity contribution is -0.387. The number of hydrogen-bond acceptors (Lipinski definition) is 10. The number of aromatic nitrogens is 2. The number of ether oxygens (including phenoxy) is 2. The van der Waals surface area contributed by atoms with Crippen LogP contribution < -0.4 is 4.74 Å². The number of rotatable bonds is 11. The summed E-state index contributed by atoms with van der Waals surface area (Å²) in [5.41, 5.74) is -0.902. The predicted molar refractivity (Wildman–Crippen MR) is 128 cm³/mol. The van der Waals surface area contributed by atoms with E-state index in [-0.39, 0.29) is 47.5 Å². The standard InChI is InChI=1S/C23H35N3O8S/c1-8-9-10-16-13-17(11-12-32-22(27)23(4,5)6)20(34-35(7,30)31)19(16)33-21-18(26(28)29)14(2)24-15(3)25-21/h8,16-17,19-20H,1,9-13H2,2-7H3/t16?,17-,19-,20+/m0/s1. The van der Waals surface area contributed by atoms with Crippen molar-refractivity contribution < 1.29 is 31.8 Å². The van der Waals surface area contributed by atoms with Crippen molar-refractivity contribution in [3.63, 3.8) is 0 Å². The van der Waals surface area contributed by atoms with Gasteiger partial charge in [-0.3, -0.25) is 19.1 Å². The molecule has 35 heavy (non-hydrogen) atoms. The third kappa shape index (κ3) is 7.96. The van der Waals surface area contributed by atoms with Gasteiger partial charge in [0.05, 0.1) is 23.2 Å². The van der Waals surface area contributed by atoms with E-state index in [1.165, 1.54) is 6.92 Å². The molecule has 1 heterocycles. The van der Waals surface area contributed by atoms with E-state index in [1.54, 1.807) is 33.8 Å². The number of allylic oxidation sites excluding steroid dienone is 1. The van der Waals surface area contributed by atoms with Gasteiger partial charge in [-0.15, -0.1) is 6.58 Å². The first-order chi connectivity index (χ1) is 16.1. The zero-order valence-electron chi connectivity index (χ0n) is 21.1. The predicted octanol–water partition coefficient (Wildman–Crippen LogP) is 3.68. The Bertz CT molecular complexity index is 1050. The fourth-order valence-corrected chi connectivity index (χ4v) is 4.87. The van der Waals surface area contributed by atoms with E-state index in [1.807, 2.05) is 0 Å². The van der Waals surface area contributed by atoms with Crippen LogP contribution >= 0.6 is 0 Å². The molecule has 0 aromatic carbocycles. The van der Waals surface area contributed by atoms with Crippen LogP contribution in [0.2, 0.25) is 0 Å². The lowest BCUT2D eigenvalue weighted by atomic mass is 9.97. The molecule has 1 aliphatic rings. The fraction of sp³-hybridized carbons (Fsp3) is 0.696. The van der Waals surface area contributed by atoms with Crippen molar-refractivity contribution in [2.45, 2.75) is 72.5 Å². The van der Waals surface area contributed by atoms with E-state index in [0.717, 1.165) is 6.26 Å². The zero-order valence-corrected chi connectivity index (χ0v) is 22.0. The molecule has 11 nitrogen and oxygen atoms in total. The largest absolute Gasteiger partial charge is 0.466 e. The van der Waals surface area contributed by atoms with Crippen LogP contribution in [0.25, 0.3) is 0 Å². The Balaban J connectivity index is 2.40. The molecule has 0 saturated heterocycles. The maximum absolute atomic E-state index is 12.2. The summed E-state index contributed by atoms with van der Waals surface area (Å²) in [6.45, 7) is 12.1. The molecule has 1 aliphatic carbocycles. The first kappa shape index (κ1) is 28.6. The number of carbonyl (C=O) groups excluding carboxylic acids is 1. The molecule has 0 spiro atoms. The van der Waals surface area contributed by atoms with E-state index >= 15 is 0 Å². The minimum absolute atomic E-state index is 0.0805. The Morgan fingerprint density at radius 2 is 1.83 bits per heavy atom. The van der Waals surface area contributed by atoms with Gasteiger partial charge in [0.2, 0.25) is 0 Å². The Hall–Kier alpha value is -2.60. The normalized spacial score (nSPS) is 22.6. The monoisotopic (exact) mass is 513 g/mol. The number of nitro groups is 1. The van der Waals surface area contributed by atoms with Gasteiger partial charge in [-0.05, 0) is 72.1 Å². The first-order valence-electron chi connectivity index (χ1n) is 11.5. The van der Waals surface area contributed by atoms with Crippen molar-refractivity contribution in [3.05, 3.63) is 34.3 Å². The molecular formula is C23H35N3O8S. The average Bonchev–Trinajstić information content (AvgIpc) is 2.99. The summed E-state index contributed by atoms with van der Waals surface area (Å²) in [7, 11) is -3.89. The van der Waals surface area contributed by atoms with Crippen molar-refractivity contribution >= 4 is 21.8 Å². The minimum atomic E-state index is -3.89. The van der Waals surface area contributed by atoms with Gasteiger partial charge < -0.3 is 9.47 Å². The van der Waals surface area contributed by atoms with Crippen LogP contribution in [0.4, 0.5) is 5.69 Å². The summed E-state index contributed by atoms with van der Waals surface area (Å²) in [5, 5.41) is 11.7. The van der Waals surface area contributed by atoms with Crippen LogP contribution in [0, 0.1) is 41.2 Å². The van der Waals surface area contributed by atoms with Crippen LogP contribution in [-0.4, -0.2) is 54.3 Å². The van der Waals surface area contributed by atoms with Crippen molar-refractivity contribution in [3.8, 4) is 5.88 Å². The molecule has 1 aromatic rings. The lowest BCUT2D eigenvalue weighted by Gasteiger charge is -2.26. The van der Waals surface area contributed by atoms with E-state index in [2.05, 4.69) is 16.5 Å². The van der Waals surface area contributed by atoms with Gasteiger partial charge in [0.1, 0.15) is 23.7 Å². The third-order valence-electron chi connectivity index (χ3n) is 5.79. The number of nitrogens with zero attached hydrogens (tertiary/aromatic N) is 3. The van der Waals surface area contributed by atoms with Crippen molar-refractivity contribution in [2.24, 2.45) is 17.3 Å². The van der Waals surface area contributed by atoms with Gasteiger partial charge in [0.15, 0.2) is 0 Å². The lowest BCUT2D eigenvalue weighted by Crippen LogP contribution is -2.38. The van der Waals surface area contributed by atoms with E-state index in [4.69, 9.17) is 13.7 Å². The number of aryl methyl sites for hydroxylation is 2. The van der Waals surface area contributed by atoms with Gasteiger partial charge in [-0.2, -0.15) is 13.4 Å². The van der Waals surface area contributed by atoms with Crippen LogP contribution in [0.15, 0.2) is 12.7 Å². The summed E-state index contributed by atoms with van der Waals surface area (Å²) < 4.78 is 41.2. The Morgan fingerprint density at radius 1 is 1.20 bits per heavy atom. The molecule has 0 bridgehead atoms. The van der Waals surface area contributed by atoms with Crippen LogP contribution in [0.1, 0.15) is 58.0 Å². The molecule has 4 atom stereocenters. The molecule has 1 saturated carbocycles. The third-order valence-corrected chi connectivity index (χ3v) is 6.36. The SMILES string of the molecule is C=CCCC1C[C@H](CCOC(=O)C(C)(C)C)[C@@H](OS(C)(=O)=O)[C@H]1Oc1nc(C)nc(C)c1[N+](=O)[O-]. The van der Waals surface area contributed by atoms with E-state index in [9.17, 15) is 23.3 Å². The second-order valence-corrected chi connectivity index (χ2v) is 11.5. The highest BCUT2D eigenvalue weighted by Gasteiger charge is 2.48. The maximum atomic E-state index is 12.2. The number of carbonyl (C=O) groups is 1. The van der Waals surface area contributed by atoms with Crippen LogP contribution in [0.3, 0.4) is 0 Å². The Morgan fingerprint density at radius 3 is 2.37 bits per heavy atom. The van der Waals surface area contributed by atoms with Gasteiger partial charge in [-0.1, -0.05) is 6.08 Å². The first-order valence-corrected chi connectivity index (χ1v) is 13.3. The smallest absolute Gasteiger partial charge is 0.351 e. The summed E-state index contributed by atoms with van der Waals surface area (Å²) in [5.74, 6) is -0.834. The Kier molecular flexibility index (Phi) is 9.35. The average molecular weight is 514 g/mol. The van der Waals surface area contributed by atoms with Gasteiger partial charge >= 0.3 is 11.7 Å². The summed E-state index contributed by atoms with van der Waals surface area (Å²) in [4.78, 5) is 31.4. The molecule has 1 aromatic heterocycles. The van der Waals surface area contributed by atoms with Gasteiger partial charge in [-0.25, -0.2) is 4.98 Å². The second-order valence-electron chi connectivity index (χ2n) is 9.91. The molecule has 2 rings (SSSR count). The van der Waals surface area contributed by atoms with E-state index < -0.39 is 32.7 Å². The highest BCUT2D eigenvalue weighted by Crippen LogP contribution is 2.42. The van der Waals surface area contributed by atoms with Crippen LogP contribution in [0.5, 0.6) is 5.88 Å². The Labute approximate surface area is 206 Å². The molecule has 12 heteroatoms. The molecule has 1 unspecified atom stereocenters. The molecular weight excluding hydrogens is 478 g/mol. The zero-order chi connectivity index (χ0) is 26.6. The molecule has 0 aliphatic heterocycles. The quantitative estimate of drug-likeness (QED) is 0.141. The van der Waals surface area contributed by atoms with Crippen molar-refractivity contribution in [1.82, 2.24) is 9.97 Å². The summed E-state index contributed by atoms with van der Waals surface area (Å²) >= 11 is 0. The molecule has 0 amide bonds. The fourth-order valence-electron chi connectivity index (χ4n) is 4.20. The molecule has 196 valence electrons. The second kappa shape index (κ2) is 11.4. The topological polar surface area (TPSA) is 148 Å². The van der Waals surface area contributed by atoms with Gasteiger partial charge in [0.25, 0.3) is 16.0 Å². The molecule has 0 radical (unpaired) electrons. The van der Waals surface area contributed by atoms with E-state index in [0.29, 0.717) is 25.7 Å². The van der Waals surface area contributed by atoms with Gasteiger partial charge in [0, 0.05) is 0 Å². The highest BCUT2D eigenvalue weighted by atomic mass is 32.2. The number of esters is 1. The number of hydrogen-bond donors (Lipinski definition) is 0. The minimum Gasteiger partial charge on any atom is -0.466 e. The maximum Gasteiger partial charge on any atom is 0.351 e. The molecule has 1 fully saturated rings.